The molecule has 0 radical (unpaired) electrons. The summed E-state index contributed by atoms with van der Waals surface area (Å²) in [4.78, 5) is 18.6. The zero-order chi connectivity index (χ0) is 13.7. The quantitative estimate of drug-likeness (QED) is 0.830. The molecule has 19 heavy (non-hydrogen) atoms. The van der Waals surface area contributed by atoms with Crippen molar-refractivity contribution in [1.29, 1.82) is 0 Å². The molecule has 1 aromatic heterocycles. The number of aromatic nitrogens is 1. The molecule has 0 saturated carbocycles. The molecule has 1 aliphatic heterocycles. The summed E-state index contributed by atoms with van der Waals surface area (Å²) in [5.41, 5.74) is 0.926. The van der Waals surface area contributed by atoms with Crippen LogP contribution in [0.15, 0.2) is 22.9 Å². The summed E-state index contributed by atoms with van der Waals surface area (Å²) >= 11 is 3.36. The van der Waals surface area contributed by atoms with Crippen LogP contribution in [0, 0.1) is 0 Å². The maximum absolute atomic E-state index is 12.2. The van der Waals surface area contributed by atoms with Crippen LogP contribution in [0.1, 0.15) is 18.9 Å². The van der Waals surface area contributed by atoms with Gasteiger partial charge in [0.15, 0.2) is 5.78 Å². The lowest BCUT2D eigenvalue weighted by molar-refractivity contribution is -0.135. The average molecular weight is 327 g/mol. The van der Waals surface area contributed by atoms with Crippen molar-refractivity contribution in [2.45, 2.75) is 25.9 Å². The summed E-state index contributed by atoms with van der Waals surface area (Å²) in [5.74, 6) is 0.140. The molecule has 0 spiro atoms. The van der Waals surface area contributed by atoms with E-state index in [0.29, 0.717) is 19.6 Å². The van der Waals surface area contributed by atoms with Crippen LogP contribution in [0.2, 0.25) is 0 Å². The van der Waals surface area contributed by atoms with E-state index in [9.17, 15) is 4.79 Å². The van der Waals surface area contributed by atoms with E-state index in [1.54, 1.807) is 12.4 Å². The largest absolute Gasteiger partial charge is 0.368 e. The highest BCUT2D eigenvalue weighted by Crippen LogP contribution is 2.13. The Morgan fingerprint density at radius 3 is 3.16 bits per heavy atom. The molecular weight excluding hydrogens is 308 g/mol. The topological polar surface area (TPSA) is 42.4 Å². The number of hydrogen-bond acceptors (Lipinski definition) is 4. The van der Waals surface area contributed by atoms with Gasteiger partial charge in [0.05, 0.1) is 6.61 Å². The van der Waals surface area contributed by atoms with Gasteiger partial charge in [0.25, 0.3) is 0 Å². The van der Waals surface area contributed by atoms with Gasteiger partial charge in [0, 0.05) is 36.4 Å². The van der Waals surface area contributed by atoms with Crippen LogP contribution >= 0.6 is 15.9 Å². The van der Waals surface area contributed by atoms with Gasteiger partial charge in [-0.05, 0) is 40.5 Å². The first kappa shape index (κ1) is 14.6. The van der Waals surface area contributed by atoms with E-state index in [2.05, 4.69) is 32.7 Å². The van der Waals surface area contributed by atoms with Crippen molar-refractivity contribution in [1.82, 2.24) is 9.88 Å². The van der Waals surface area contributed by atoms with Crippen molar-refractivity contribution in [2.24, 2.45) is 0 Å². The Morgan fingerprint density at radius 2 is 2.42 bits per heavy atom. The van der Waals surface area contributed by atoms with Gasteiger partial charge in [-0.25, -0.2) is 0 Å². The Morgan fingerprint density at radius 1 is 1.58 bits per heavy atom. The van der Waals surface area contributed by atoms with Gasteiger partial charge in [-0.15, -0.1) is 0 Å². The maximum Gasteiger partial charge on any atom is 0.167 e. The van der Waals surface area contributed by atoms with Crippen LogP contribution in [0.5, 0.6) is 0 Å². The Bertz CT molecular complexity index is 437. The van der Waals surface area contributed by atoms with E-state index in [1.807, 2.05) is 6.07 Å². The molecule has 0 aliphatic carbocycles. The number of Topliss-reactive ketones (excluding diaryl/α,β-unsaturated/α-hetero) is 1. The molecule has 1 saturated heterocycles. The zero-order valence-corrected chi connectivity index (χ0v) is 12.7. The van der Waals surface area contributed by atoms with Gasteiger partial charge in [-0.1, -0.05) is 6.92 Å². The molecule has 1 atom stereocenters. The molecule has 2 rings (SSSR count). The molecule has 104 valence electrons. The number of ether oxygens (including phenoxy) is 1. The lowest BCUT2D eigenvalue weighted by atomic mass is 10.1. The van der Waals surface area contributed by atoms with Crippen LogP contribution in [0.25, 0.3) is 0 Å². The van der Waals surface area contributed by atoms with Crippen molar-refractivity contribution >= 4 is 21.7 Å². The number of nitrogens with zero attached hydrogens (tertiary/aromatic N) is 2. The summed E-state index contributed by atoms with van der Waals surface area (Å²) in [5, 5.41) is 0. The highest BCUT2D eigenvalue weighted by molar-refractivity contribution is 9.10. The molecule has 0 bridgehead atoms. The second kappa shape index (κ2) is 7.12. The fourth-order valence-corrected chi connectivity index (χ4v) is 2.70. The van der Waals surface area contributed by atoms with Gasteiger partial charge >= 0.3 is 0 Å². The van der Waals surface area contributed by atoms with Crippen LogP contribution in [-0.4, -0.2) is 48.0 Å². The third-order valence-corrected chi connectivity index (χ3v) is 3.62. The van der Waals surface area contributed by atoms with E-state index < -0.39 is 0 Å². The van der Waals surface area contributed by atoms with Crippen molar-refractivity contribution in [2.75, 3.05) is 26.2 Å². The molecule has 0 amide bonds. The number of rotatable bonds is 5. The number of halogens is 1. The minimum atomic E-state index is -0.292. The number of pyridine rings is 1. The summed E-state index contributed by atoms with van der Waals surface area (Å²) in [7, 11) is 0. The molecule has 1 aromatic rings. The third kappa shape index (κ3) is 4.37. The SMILES string of the molecule is CCCN1CCOC(C(=O)Cc2cncc(Br)c2)C1. The maximum atomic E-state index is 12.2. The number of hydrogen-bond donors (Lipinski definition) is 0. The minimum absolute atomic E-state index is 0.140. The predicted octanol–water partition coefficient (Wildman–Crippen LogP) is 2.07. The van der Waals surface area contributed by atoms with Crippen LogP contribution in [0.4, 0.5) is 0 Å². The molecule has 5 heteroatoms. The van der Waals surface area contributed by atoms with Gasteiger partial charge in [0.1, 0.15) is 6.10 Å². The molecule has 0 N–H and O–H groups in total. The second-order valence-corrected chi connectivity index (χ2v) is 5.73. The Labute approximate surface area is 122 Å². The number of morpholine rings is 1. The summed E-state index contributed by atoms with van der Waals surface area (Å²) < 4.78 is 6.49. The van der Waals surface area contributed by atoms with E-state index in [-0.39, 0.29) is 11.9 Å². The number of ketones is 1. The van der Waals surface area contributed by atoms with Crippen molar-refractivity contribution in [3.63, 3.8) is 0 Å². The number of carbonyl (C=O) groups is 1. The highest BCUT2D eigenvalue weighted by Gasteiger charge is 2.26. The standard InChI is InChI=1S/C14H19BrN2O2/c1-2-3-17-4-5-19-14(10-17)13(18)7-11-6-12(15)9-16-8-11/h6,8-9,14H,2-5,7,10H2,1H3. The van der Waals surface area contributed by atoms with Crippen molar-refractivity contribution in [3.8, 4) is 0 Å². The molecule has 1 aliphatic rings. The smallest absolute Gasteiger partial charge is 0.167 e. The summed E-state index contributed by atoms with van der Waals surface area (Å²) in [6, 6.07) is 1.93. The van der Waals surface area contributed by atoms with Crippen LogP contribution in [0.3, 0.4) is 0 Å². The fourth-order valence-electron chi connectivity index (χ4n) is 2.28. The highest BCUT2D eigenvalue weighted by atomic mass is 79.9. The Kier molecular flexibility index (Phi) is 5.48. The first-order valence-corrected chi connectivity index (χ1v) is 7.44. The first-order valence-electron chi connectivity index (χ1n) is 6.65. The third-order valence-electron chi connectivity index (χ3n) is 3.19. The molecule has 2 heterocycles. The van der Waals surface area contributed by atoms with Gasteiger partial charge < -0.3 is 4.74 Å². The molecule has 4 nitrogen and oxygen atoms in total. The Balaban J connectivity index is 1.92. The van der Waals surface area contributed by atoms with Gasteiger partial charge in [0.2, 0.25) is 0 Å². The molecule has 0 aromatic carbocycles. The summed E-state index contributed by atoms with van der Waals surface area (Å²) in [6.07, 6.45) is 4.65. The Hall–Kier alpha value is -0.780. The van der Waals surface area contributed by atoms with E-state index >= 15 is 0 Å². The molecule has 1 fully saturated rings. The van der Waals surface area contributed by atoms with Crippen molar-refractivity contribution in [3.05, 3.63) is 28.5 Å². The van der Waals surface area contributed by atoms with Gasteiger partial charge in [-0.2, -0.15) is 0 Å². The van der Waals surface area contributed by atoms with Crippen LogP contribution < -0.4 is 0 Å². The predicted molar refractivity (Wildman–Crippen MR) is 77.1 cm³/mol. The second-order valence-electron chi connectivity index (χ2n) is 4.81. The zero-order valence-electron chi connectivity index (χ0n) is 11.1. The average Bonchev–Trinajstić information content (AvgIpc) is 2.39. The summed E-state index contributed by atoms with van der Waals surface area (Å²) in [6.45, 7) is 5.47. The fraction of sp³-hybridized carbons (Fsp3) is 0.571. The lowest BCUT2D eigenvalue weighted by Crippen LogP contribution is -2.46. The normalized spacial score (nSPS) is 20.4. The van der Waals surface area contributed by atoms with E-state index in [0.717, 1.165) is 29.5 Å². The molecule has 1 unspecified atom stereocenters. The monoisotopic (exact) mass is 326 g/mol. The number of carbonyl (C=O) groups excluding carboxylic acids is 1. The van der Waals surface area contributed by atoms with Gasteiger partial charge in [-0.3, -0.25) is 14.7 Å². The van der Waals surface area contributed by atoms with Crippen LogP contribution in [-0.2, 0) is 16.0 Å². The van der Waals surface area contributed by atoms with E-state index in [4.69, 9.17) is 4.74 Å². The van der Waals surface area contributed by atoms with Crippen molar-refractivity contribution < 1.29 is 9.53 Å². The lowest BCUT2D eigenvalue weighted by Gasteiger charge is -2.31. The van der Waals surface area contributed by atoms with E-state index in [1.165, 1.54) is 0 Å². The first-order chi connectivity index (χ1) is 9.19. The minimum Gasteiger partial charge on any atom is -0.368 e. The molecular formula is C14H19BrN2O2.